The molecular weight excluding hydrogens is 316 g/mol. The molecule has 0 spiro atoms. The molecule has 1 amide bonds. The third-order valence-electron chi connectivity index (χ3n) is 3.30. The first-order valence-corrected chi connectivity index (χ1v) is 9.57. The third-order valence-corrected chi connectivity index (χ3v) is 6.41. The molecule has 0 aliphatic carbocycles. The van der Waals surface area contributed by atoms with Crippen LogP contribution in [0.15, 0.2) is 34.1 Å². The SMILES string of the molecule is CC1C(=O)NCCN1S(=O)(=O)c1ccc(S(C)(=O)=O)cc1. The zero-order chi connectivity index (χ0) is 15.8. The molecule has 1 aromatic rings. The molecule has 1 saturated heterocycles. The van der Waals surface area contributed by atoms with E-state index in [-0.39, 0.29) is 28.8 Å². The molecule has 7 nitrogen and oxygen atoms in total. The molecule has 0 aromatic heterocycles. The van der Waals surface area contributed by atoms with Gasteiger partial charge in [0.2, 0.25) is 15.9 Å². The van der Waals surface area contributed by atoms with E-state index in [9.17, 15) is 21.6 Å². The average molecular weight is 332 g/mol. The lowest BCUT2D eigenvalue weighted by Crippen LogP contribution is -2.55. The molecule has 1 aliphatic rings. The van der Waals surface area contributed by atoms with Gasteiger partial charge in [-0.2, -0.15) is 4.31 Å². The largest absolute Gasteiger partial charge is 0.353 e. The van der Waals surface area contributed by atoms with Gasteiger partial charge >= 0.3 is 0 Å². The van der Waals surface area contributed by atoms with Gasteiger partial charge in [0, 0.05) is 19.3 Å². The summed E-state index contributed by atoms with van der Waals surface area (Å²) in [5, 5.41) is 2.59. The highest BCUT2D eigenvalue weighted by Crippen LogP contribution is 2.21. The van der Waals surface area contributed by atoms with E-state index in [1.54, 1.807) is 0 Å². The van der Waals surface area contributed by atoms with Gasteiger partial charge in [-0.3, -0.25) is 4.79 Å². The molecule has 1 fully saturated rings. The number of nitrogens with zero attached hydrogens (tertiary/aromatic N) is 1. The average Bonchev–Trinajstić information content (AvgIpc) is 2.41. The Morgan fingerprint density at radius 3 is 2.14 bits per heavy atom. The molecule has 1 atom stereocenters. The Bertz CT molecular complexity index is 753. The third kappa shape index (κ3) is 3.09. The van der Waals surface area contributed by atoms with Crippen LogP contribution >= 0.6 is 0 Å². The molecule has 9 heteroatoms. The van der Waals surface area contributed by atoms with Gasteiger partial charge in [-0.05, 0) is 31.2 Å². The fourth-order valence-corrected chi connectivity index (χ4v) is 4.31. The summed E-state index contributed by atoms with van der Waals surface area (Å²) in [4.78, 5) is 11.6. The van der Waals surface area contributed by atoms with Crippen LogP contribution in [0.1, 0.15) is 6.92 Å². The number of nitrogens with one attached hydrogen (secondary N) is 1. The Kier molecular flexibility index (Phi) is 4.09. The predicted molar refractivity (Wildman–Crippen MR) is 75.9 cm³/mol. The number of rotatable bonds is 3. The van der Waals surface area contributed by atoms with Gasteiger partial charge in [-0.15, -0.1) is 0 Å². The summed E-state index contributed by atoms with van der Waals surface area (Å²) in [6, 6.07) is 4.18. The minimum atomic E-state index is -3.83. The van der Waals surface area contributed by atoms with E-state index in [2.05, 4.69) is 5.32 Å². The first-order valence-electron chi connectivity index (χ1n) is 6.24. The summed E-state index contributed by atoms with van der Waals surface area (Å²) in [5.74, 6) is -0.349. The second kappa shape index (κ2) is 5.39. The summed E-state index contributed by atoms with van der Waals surface area (Å²) >= 11 is 0. The normalized spacial score (nSPS) is 21.0. The van der Waals surface area contributed by atoms with Crippen molar-refractivity contribution in [3.8, 4) is 0 Å². The van der Waals surface area contributed by atoms with Gasteiger partial charge in [0.25, 0.3) is 0 Å². The fraction of sp³-hybridized carbons (Fsp3) is 0.417. The summed E-state index contributed by atoms with van der Waals surface area (Å²) in [7, 11) is -7.21. The molecule has 0 bridgehead atoms. The molecular formula is C12H16N2O5S2. The number of piperazine rings is 1. The number of hydrogen-bond acceptors (Lipinski definition) is 5. The number of sulfonamides is 1. The van der Waals surface area contributed by atoms with Crippen LogP contribution in [-0.2, 0) is 24.7 Å². The summed E-state index contributed by atoms with van der Waals surface area (Å²) in [6.45, 7) is 1.95. The van der Waals surface area contributed by atoms with Crippen LogP contribution in [0.2, 0.25) is 0 Å². The minimum Gasteiger partial charge on any atom is -0.353 e. The van der Waals surface area contributed by atoms with Gasteiger partial charge in [0.1, 0.15) is 6.04 Å². The lowest BCUT2D eigenvalue weighted by atomic mass is 10.2. The Balaban J connectivity index is 2.38. The van der Waals surface area contributed by atoms with E-state index in [0.717, 1.165) is 10.6 Å². The van der Waals surface area contributed by atoms with Crippen LogP contribution in [0.4, 0.5) is 0 Å². The molecule has 1 aromatic carbocycles. The monoisotopic (exact) mass is 332 g/mol. The highest BCUT2D eigenvalue weighted by atomic mass is 32.2. The lowest BCUT2D eigenvalue weighted by Gasteiger charge is -2.31. The van der Waals surface area contributed by atoms with Crippen molar-refractivity contribution in [3.63, 3.8) is 0 Å². The molecule has 1 N–H and O–H groups in total. The standard InChI is InChI=1S/C12H16N2O5S2/c1-9-12(15)13-7-8-14(9)21(18,19)11-5-3-10(4-6-11)20(2,16)17/h3-6,9H,7-8H2,1-2H3,(H,13,15). The maximum absolute atomic E-state index is 12.5. The zero-order valence-corrected chi connectivity index (χ0v) is 13.2. The van der Waals surface area contributed by atoms with Gasteiger partial charge in [-0.1, -0.05) is 0 Å². The van der Waals surface area contributed by atoms with Crippen molar-refractivity contribution >= 4 is 25.8 Å². The first-order chi connectivity index (χ1) is 9.64. The second-order valence-electron chi connectivity index (χ2n) is 4.83. The summed E-state index contributed by atoms with van der Waals surface area (Å²) in [6.07, 6.45) is 1.05. The van der Waals surface area contributed by atoms with Gasteiger partial charge < -0.3 is 5.32 Å². The first kappa shape index (κ1) is 15.9. The predicted octanol–water partition coefficient (Wildman–Crippen LogP) is -0.401. The topological polar surface area (TPSA) is 101 Å². The fourth-order valence-electron chi connectivity index (χ4n) is 2.08. The molecule has 1 unspecified atom stereocenters. The van der Waals surface area contributed by atoms with E-state index in [1.807, 2.05) is 0 Å². The zero-order valence-electron chi connectivity index (χ0n) is 11.6. The maximum Gasteiger partial charge on any atom is 0.243 e. The highest BCUT2D eigenvalue weighted by Gasteiger charge is 2.35. The van der Waals surface area contributed by atoms with E-state index in [0.29, 0.717) is 0 Å². The Morgan fingerprint density at radius 1 is 1.10 bits per heavy atom. The van der Waals surface area contributed by atoms with E-state index < -0.39 is 25.9 Å². The number of carbonyl (C=O) groups is 1. The molecule has 116 valence electrons. The Hall–Kier alpha value is -1.45. The Morgan fingerprint density at radius 2 is 1.62 bits per heavy atom. The molecule has 2 rings (SSSR count). The Labute approximate surface area is 123 Å². The number of hydrogen-bond donors (Lipinski definition) is 1. The summed E-state index contributed by atoms with van der Waals surface area (Å²) < 4.78 is 48.9. The van der Waals surface area contributed by atoms with Crippen molar-refractivity contribution in [2.75, 3.05) is 19.3 Å². The van der Waals surface area contributed by atoms with Crippen molar-refractivity contribution in [1.29, 1.82) is 0 Å². The number of sulfone groups is 1. The number of carbonyl (C=O) groups excluding carboxylic acids is 1. The van der Waals surface area contributed by atoms with Crippen molar-refractivity contribution < 1.29 is 21.6 Å². The quantitative estimate of drug-likeness (QED) is 0.812. The summed E-state index contributed by atoms with van der Waals surface area (Å²) in [5.41, 5.74) is 0. The van der Waals surface area contributed by atoms with Crippen molar-refractivity contribution in [2.45, 2.75) is 22.8 Å². The minimum absolute atomic E-state index is 0.0311. The van der Waals surface area contributed by atoms with Gasteiger partial charge in [-0.25, -0.2) is 16.8 Å². The van der Waals surface area contributed by atoms with Crippen molar-refractivity contribution in [1.82, 2.24) is 9.62 Å². The molecule has 1 heterocycles. The number of amides is 1. The van der Waals surface area contributed by atoms with Crippen molar-refractivity contribution in [3.05, 3.63) is 24.3 Å². The maximum atomic E-state index is 12.5. The van der Waals surface area contributed by atoms with E-state index >= 15 is 0 Å². The lowest BCUT2D eigenvalue weighted by molar-refractivity contribution is -0.126. The molecule has 1 aliphatic heterocycles. The van der Waals surface area contributed by atoms with E-state index in [4.69, 9.17) is 0 Å². The number of benzene rings is 1. The smallest absolute Gasteiger partial charge is 0.243 e. The van der Waals surface area contributed by atoms with E-state index in [1.165, 1.54) is 31.2 Å². The molecule has 0 saturated carbocycles. The van der Waals surface area contributed by atoms with Gasteiger partial charge in [0.15, 0.2) is 9.84 Å². The van der Waals surface area contributed by atoms with Crippen LogP contribution in [0.3, 0.4) is 0 Å². The van der Waals surface area contributed by atoms with Gasteiger partial charge in [0.05, 0.1) is 9.79 Å². The van der Waals surface area contributed by atoms with Crippen LogP contribution in [0.25, 0.3) is 0 Å². The molecule has 0 radical (unpaired) electrons. The second-order valence-corrected chi connectivity index (χ2v) is 8.73. The highest BCUT2D eigenvalue weighted by molar-refractivity contribution is 7.90. The van der Waals surface area contributed by atoms with Crippen molar-refractivity contribution in [2.24, 2.45) is 0 Å². The molecule has 21 heavy (non-hydrogen) atoms. The van der Waals surface area contributed by atoms with Crippen LogP contribution in [0.5, 0.6) is 0 Å². The van der Waals surface area contributed by atoms with Crippen LogP contribution in [0, 0.1) is 0 Å². The van der Waals surface area contributed by atoms with Crippen LogP contribution in [-0.4, -0.2) is 52.4 Å². The van der Waals surface area contributed by atoms with Crippen LogP contribution < -0.4 is 5.32 Å².